The van der Waals surface area contributed by atoms with Crippen LogP contribution in [0.3, 0.4) is 0 Å². The van der Waals surface area contributed by atoms with E-state index < -0.39 is 6.48 Å². The Morgan fingerprint density at radius 1 is 0.361 bits per heavy atom. The van der Waals surface area contributed by atoms with Gasteiger partial charge >= 0.3 is 0 Å². The van der Waals surface area contributed by atoms with Gasteiger partial charge in [-0.2, -0.15) is 0 Å². The van der Waals surface area contributed by atoms with Gasteiger partial charge in [-0.15, -0.1) is 0 Å². The van der Waals surface area contributed by atoms with Crippen molar-refractivity contribution in [2.45, 2.75) is 147 Å². The van der Waals surface area contributed by atoms with Crippen molar-refractivity contribution in [1.29, 1.82) is 0 Å². The van der Waals surface area contributed by atoms with E-state index in [0.29, 0.717) is 23.7 Å². The summed E-state index contributed by atoms with van der Waals surface area (Å²) < 4.78 is 35.6. The van der Waals surface area contributed by atoms with Gasteiger partial charge in [0.05, 0.1) is 0 Å². The topological polar surface area (TPSA) is 98.8 Å². The molecule has 0 aromatic rings. The molecule has 0 N–H and O–H groups in total. The van der Waals surface area contributed by atoms with E-state index in [0.717, 1.165) is 94.7 Å². The predicted molar refractivity (Wildman–Crippen MR) is 235 cm³/mol. The minimum Gasteiger partial charge on any atom is -0.356 e. The molecular formula is C52H86O9. The highest BCUT2D eigenvalue weighted by molar-refractivity contribution is 5.55. The molecule has 0 aromatic heterocycles. The van der Waals surface area contributed by atoms with Crippen LogP contribution in [0.5, 0.6) is 0 Å². The lowest BCUT2D eigenvalue weighted by atomic mass is 9.78. The summed E-state index contributed by atoms with van der Waals surface area (Å²) in [7, 11) is 11.7. The molecule has 12 aliphatic rings. The van der Waals surface area contributed by atoms with Crippen molar-refractivity contribution < 1.29 is 42.7 Å². The predicted octanol–water partition coefficient (Wildman–Crippen LogP) is 10.1. The first kappa shape index (κ1) is 46.6. The van der Waals surface area contributed by atoms with Gasteiger partial charge in [-0.05, 0) is 223 Å². The first-order valence-electron chi connectivity index (χ1n) is 25.4. The second-order valence-corrected chi connectivity index (χ2v) is 22.4. The van der Waals surface area contributed by atoms with E-state index >= 15 is 0 Å². The highest BCUT2D eigenvalue weighted by atomic mass is 16.8. The van der Waals surface area contributed by atoms with Gasteiger partial charge in [0.15, 0.2) is 12.6 Å². The molecule has 0 saturated heterocycles. The van der Waals surface area contributed by atoms with Gasteiger partial charge in [0, 0.05) is 73.4 Å². The standard InChI is InChI=1S/2C13H22O2.2C11H16O.C4H10O3/c1-14-13(15-2)10-6-11-8-3-4-9(5-8)12(11)7-10;1-14-13(15-2)11-6-5-10-8-3-4-9(7-8)12(10)11;12-6-7-3-10-8-1-2-9(5-8)11(10)4-7;12-6-9-3-4-10-7-1-2-8(5-7)11(9)10;1-5-4(6-2)7-3/h2*8-13H,3-7H2,1-2H3;2*6-11H,1-5H2;4H,1-3H3. The van der Waals surface area contributed by atoms with E-state index in [2.05, 4.69) is 14.2 Å². The highest BCUT2D eigenvalue weighted by Crippen LogP contribution is 2.63. The Kier molecular flexibility index (Phi) is 16.1. The van der Waals surface area contributed by atoms with Crippen molar-refractivity contribution in [3.63, 3.8) is 0 Å². The Hall–Kier alpha value is -0.940. The molecule has 61 heavy (non-hydrogen) atoms. The number of rotatable bonds is 11. The molecule has 9 heteroatoms. The molecule has 0 amide bonds. The van der Waals surface area contributed by atoms with E-state index in [1.807, 2.05) is 0 Å². The first-order valence-corrected chi connectivity index (χ1v) is 25.4. The van der Waals surface area contributed by atoms with Crippen molar-refractivity contribution in [1.82, 2.24) is 0 Å². The minimum atomic E-state index is -0.514. The van der Waals surface area contributed by atoms with E-state index in [-0.39, 0.29) is 12.6 Å². The number of ether oxygens (including phenoxy) is 7. The van der Waals surface area contributed by atoms with Gasteiger partial charge in [-0.1, -0.05) is 0 Å². The van der Waals surface area contributed by atoms with Crippen LogP contribution in [0, 0.1) is 118 Å². The molecule has 0 heterocycles. The Balaban J connectivity index is 0.000000107. The fourth-order valence-corrected chi connectivity index (χ4v) is 18.4. The third-order valence-corrected chi connectivity index (χ3v) is 20.4. The Morgan fingerprint density at radius 2 is 0.754 bits per heavy atom. The average molecular weight is 855 g/mol. The van der Waals surface area contributed by atoms with Gasteiger partial charge in [-0.25, -0.2) is 0 Å². The maximum atomic E-state index is 10.8. The Labute approximate surface area is 369 Å². The largest absolute Gasteiger partial charge is 0.356 e. The number of carbonyl (C=O) groups is 2. The third-order valence-electron chi connectivity index (χ3n) is 20.4. The molecule has 0 radical (unpaired) electrons. The van der Waals surface area contributed by atoms with Crippen LogP contribution in [-0.4, -0.2) is 81.4 Å². The minimum absolute atomic E-state index is 0.0509. The van der Waals surface area contributed by atoms with Crippen molar-refractivity contribution in [2.75, 3.05) is 49.8 Å². The summed E-state index contributed by atoms with van der Waals surface area (Å²) in [6.07, 6.45) is 30.9. The monoisotopic (exact) mass is 855 g/mol. The summed E-state index contributed by atoms with van der Waals surface area (Å²) in [5, 5.41) is 0. The summed E-state index contributed by atoms with van der Waals surface area (Å²) >= 11 is 0. The lowest BCUT2D eigenvalue weighted by molar-refractivity contribution is -0.252. The van der Waals surface area contributed by atoms with Gasteiger partial charge in [0.25, 0.3) is 6.48 Å². The zero-order chi connectivity index (χ0) is 42.8. The van der Waals surface area contributed by atoms with Gasteiger partial charge < -0.3 is 42.7 Å². The van der Waals surface area contributed by atoms with Gasteiger partial charge in [-0.3, -0.25) is 0 Å². The van der Waals surface area contributed by atoms with Crippen molar-refractivity contribution >= 4 is 12.6 Å². The Bertz CT molecular complexity index is 1330. The second-order valence-electron chi connectivity index (χ2n) is 22.4. The number of aldehydes is 2. The Morgan fingerprint density at radius 3 is 1.18 bits per heavy atom. The maximum absolute atomic E-state index is 10.8. The molecule has 12 fully saturated rings. The van der Waals surface area contributed by atoms with E-state index in [1.54, 1.807) is 28.4 Å². The molecule has 18 atom stereocenters. The molecule has 9 nitrogen and oxygen atoms in total. The van der Waals surface area contributed by atoms with Crippen LogP contribution in [0.1, 0.15) is 128 Å². The molecule has 8 bridgehead atoms. The molecule has 0 spiro atoms. The number of hydrogen-bond acceptors (Lipinski definition) is 9. The highest BCUT2D eigenvalue weighted by Gasteiger charge is 2.56. The number of hydrogen-bond donors (Lipinski definition) is 0. The van der Waals surface area contributed by atoms with E-state index in [4.69, 9.17) is 18.9 Å². The van der Waals surface area contributed by atoms with Gasteiger partial charge in [0.1, 0.15) is 12.6 Å². The summed E-state index contributed by atoms with van der Waals surface area (Å²) in [4.78, 5) is 21.5. The molecular weight excluding hydrogens is 769 g/mol. The molecule has 0 aromatic carbocycles. The SMILES string of the molecule is COC(OC)C1CC2C3CCC(C3)C2C1.COC(OC)C1CCC2C3CCC(C3)C21.COC(OC)OC.O=CC1CC2C3CCC(C3)C2C1.O=CC1CCC2C3CCC(C3)C12. The third kappa shape index (κ3) is 9.40. The number of methoxy groups -OCH3 is 7. The molecule has 348 valence electrons. The van der Waals surface area contributed by atoms with Crippen molar-refractivity contribution in [3.8, 4) is 0 Å². The smallest absolute Gasteiger partial charge is 0.270 e. The fourth-order valence-electron chi connectivity index (χ4n) is 18.4. The van der Waals surface area contributed by atoms with Crippen molar-refractivity contribution in [2.24, 2.45) is 118 Å². The van der Waals surface area contributed by atoms with Gasteiger partial charge in [0.2, 0.25) is 0 Å². The summed E-state index contributed by atoms with van der Waals surface area (Å²) in [6.45, 7) is -0.514. The second kappa shape index (κ2) is 21.1. The molecule has 18 unspecified atom stereocenters. The fraction of sp³-hybridized carbons (Fsp3) is 0.962. The summed E-state index contributed by atoms with van der Waals surface area (Å²) in [5.41, 5.74) is 0. The normalized spacial score (nSPS) is 46.7. The zero-order valence-corrected chi connectivity index (χ0v) is 39.3. The molecule has 12 saturated carbocycles. The van der Waals surface area contributed by atoms with Crippen LogP contribution < -0.4 is 0 Å². The molecule has 12 aliphatic carbocycles. The van der Waals surface area contributed by atoms with Crippen LogP contribution in [0.2, 0.25) is 0 Å². The zero-order valence-electron chi connectivity index (χ0n) is 39.3. The summed E-state index contributed by atoms with van der Waals surface area (Å²) in [6, 6.07) is 0. The van der Waals surface area contributed by atoms with E-state index in [1.165, 1.54) is 162 Å². The van der Waals surface area contributed by atoms with Crippen LogP contribution in [0.25, 0.3) is 0 Å². The van der Waals surface area contributed by atoms with Crippen LogP contribution in [0.4, 0.5) is 0 Å². The maximum Gasteiger partial charge on any atom is 0.270 e. The average Bonchev–Trinajstić information content (AvgIpc) is 4.12. The van der Waals surface area contributed by atoms with Crippen LogP contribution >= 0.6 is 0 Å². The first-order chi connectivity index (χ1) is 29.8. The van der Waals surface area contributed by atoms with Crippen molar-refractivity contribution in [3.05, 3.63) is 0 Å². The molecule has 0 aliphatic heterocycles. The lowest BCUT2D eigenvalue weighted by Crippen LogP contribution is -2.32. The van der Waals surface area contributed by atoms with E-state index in [9.17, 15) is 9.59 Å². The summed E-state index contributed by atoms with van der Waals surface area (Å²) in [5.74, 6) is 18.1. The number of carbonyl (C=O) groups excluding carboxylic acids is 2. The van der Waals surface area contributed by atoms with Crippen LogP contribution in [-0.2, 0) is 42.7 Å². The lowest BCUT2D eigenvalue weighted by Gasteiger charge is -2.32. The number of fused-ring (bicyclic) bond motifs is 20. The molecule has 12 rings (SSSR count). The van der Waals surface area contributed by atoms with Crippen LogP contribution in [0.15, 0.2) is 0 Å². The quantitative estimate of drug-likeness (QED) is 0.149.